The van der Waals surface area contributed by atoms with Crippen molar-refractivity contribution in [1.82, 2.24) is 9.80 Å². The molecule has 9 heteroatoms. The Morgan fingerprint density at radius 3 is 2.65 bits per heavy atom. The molecule has 1 saturated heterocycles. The van der Waals surface area contributed by atoms with Crippen molar-refractivity contribution in [2.75, 3.05) is 58.0 Å². The second kappa shape index (κ2) is 8.92. The van der Waals surface area contributed by atoms with E-state index in [4.69, 9.17) is 9.47 Å². The van der Waals surface area contributed by atoms with E-state index in [1.165, 1.54) is 12.1 Å². The number of nitrogens with zero attached hydrogens (tertiary/aromatic N) is 3. The van der Waals surface area contributed by atoms with Crippen LogP contribution in [0.4, 0.5) is 18.9 Å². The minimum absolute atomic E-state index is 0.0183. The standard InChI is InChI=1S/C22H26F3N3O3/c1-30-18-5-6-20-19(14-18)21(29)28(15-31-20)12-9-26-7-10-27(11-8-26)17-4-2-3-16(13-17)22(23,24)25/h2-6,13,18H,7-12,14-15H2,1H3. The Labute approximate surface area is 179 Å². The predicted molar refractivity (Wildman–Crippen MR) is 109 cm³/mol. The lowest BCUT2D eigenvalue weighted by molar-refractivity contribution is -0.137. The maximum absolute atomic E-state index is 13.0. The van der Waals surface area contributed by atoms with Crippen LogP contribution in [0.25, 0.3) is 0 Å². The minimum atomic E-state index is -4.34. The van der Waals surface area contributed by atoms with Crippen molar-refractivity contribution in [1.29, 1.82) is 0 Å². The third-order valence-corrected chi connectivity index (χ3v) is 5.99. The van der Waals surface area contributed by atoms with Gasteiger partial charge in [-0.3, -0.25) is 9.69 Å². The number of halogens is 3. The summed E-state index contributed by atoms with van der Waals surface area (Å²) in [5, 5.41) is 0. The molecule has 0 spiro atoms. The summed E-state index contributed by atoms with van der Waals surface area (Å²) >= 11 is 0. The van der Waals surface area contributed by atoms with Gasteiger partial charge in [-0.2, -0.15) is 13.2 Å². The second-order valence-electron chi connectivity index (χ2n) is 7.90. The van der Waals surface area contributed by atoms with Gasteiger partial charge in [-0.05, 0) is 24.3 Å². The van der Waals surface area contributed by atoms with E-state index < -0.39 is 11.7 Å². The Hall–Kier alpha value is -2.52. The lowest BCUT2D eigenvalue weighted by Crippen LogP contribution is -2.50. The summed E-state index contributed by atoms with van der Waals surface area (Å²) in [7, 11) is 1.62. The zero-order chi connectivity index (χ0) is 22.0. The van der Waals surface area contributed by atoms with Crippen molar-refractivity contribution in [3.63, 3.8) is 0 Å². The van der Waals surface area contributed by atoms with Crippen LogP contribution in [-0.4, -0.2) is 74.9 Å². The van der Waals surface area contributed by atoms with Gasteiger partial charge in [0.05, 0.1) is 17.2 Å². The van der Waals surface area contributed by atoms with E-state index in [9.17, 15) is 18.0 Å². The SMILES string of the molecule is COC1C=CC2=C(C1)C(=O)N(CCN1CCN(c3cccc(C(F)(F)F)c3)CC1)CO2. The number of ether oxygens (including phenoxy) is 2. The number of hydrogen-bond donors (Lipinski definition) is 0. The van der Waals surface area contributed by atoms with Crippen LogP contribution >= 0.6 is 0 Å². The van der Waals surface area contributed by atoms with Crippen molar-refractivity contribution in [2.45, 2.75) is 18.7 Å². The average molecular weight is 437 g/mol. The zero-order valence-electron chi connectivity index (χ0n) is 17.4. The summed E-state index contributed by atoms with van der Waals surface area (Å²) in [6.45, 7) is 4.19. The van der Waals surface area contributed by atoms with Gasteiger partial charge in [0.25, 0.3) is 5.91 Å². The summed E-state index contributed by atoms with van der Waals surface area (Å²) in [5.41, 5.74) is 0.611. The molecule has 0 bridgehead atoms. The predicted octanol–water partition coefficient (Wildman–Crippen LogP) is 2.87. The highest BCUT2D eigenvalue weighted by Gasteiger charge is 2.32. The van der Waals surface area contributed by atoms with Gasteiger partial charge in [0.1, 0.15) is 5.76 Å². The van der Waals surface area contributed by atoms with Gasteiger partial charge < -0.3 is 19.3 Å². The van der Waals surface area contributed by atoms with Crippen LogP contribution in [-0.2, 0) is 20.4 Å². The molecular weight excluding hydrogens is 411 g/mol. The number of rotatable bonds is 5. The summed E-state index contributed by atoms with van der Waals surface area (Å²) in [6, 6.07) is 5.46. The second-order valence-corrected chi connectivity index (χ2v) is 7.90. The number of alkyl halides is 3. The van der Waals surface area contributed by atoms with Crippen LogP contribution in [0, 0.1) is 0 Å². The maximum Gasteiger partial charge on any atom is 0.416 e. The lowest BCUT2D eigenvalue weighted by Gasteiger charge is -2.38. The molecule has 168 valence electrons. The number of allylic oxidation sites excluding steroid dienone is 1. The van der Waals surface area contributed by atoms with Crippen molar-refractivity contribution in [2.24, 2.45) is 0 Å². The molecule has 0 aromatic heterocycles. The monoisotopic (exact) mass is 437 g/mol. The van der Waals surface area contributed by atoms with Gasteiger partial charge in [0.15, 0.2) is 6.73 Å². The van der Waals surface area contributed by atoms with Gasteiger partial charge >= 0.3 is 6.18 Å². The molecule has 1 aromatic rings. The quantitative estimate of drug-likeness (QED) is 0.709. The normalized spacial score (nSPS) is 22.6. The van der Waals surface area contributed by atoms with Crippen LogP contribution in [0.15, 0.2) is 47.7 Å². The van der Waals surface area contributed by atoms with Crippen LogP contribution in [0.2, 0.25) is 0 Å². The third kappa shape index (κ3) is 4.88. The number of carbonyl (C=O) groups is 1. The van der Waals surface area contributed by atoms with Crippen molar-refractivity contribution >= 4 is 11.6 Å². The van der Waals surface area contributed by atoms with Crippen LogP contribution in [0.3, 0.4) is 0 Å². The summed E-state index contributed by atoms with van der Waals surface area (Å²) in [5.74, 6) is 0.611. The summed E-state index contributed by atoms with van der Waals surface area (Å²) < 4.78 is 50.0. The Balaban J connectivity index is 1.28. The summed E-state index contributed by atoms with van der Waals surface area (Å²) in [6.07, 6.45) is -0.253. The number of amides is 1. The van der Waals surface area contributed by atoms with Crippen LogP contribution in [0.5, 0.6) is 0 Å². The molecule has 2 aliphatic heterocycles. The molecule has 1 unspecified atom stereocenters. The number of anilines is 1. The third-order valence-electron chi connectivity index (χ3n) is 5.99. The van der Waals surface area contributed by atoms with E-state index in [1.54, 1.807) is 24.2 Å². The topological polar surface area (TPSA) is 45.2 Å². The first-order valence-corrected chi connectivity index (χ1v) is 10.4. The molecule has 1 aliphatic carbocycles. The first-order chi connectivity index (χ1) is 14.8. The Morgan fingerprint density at radius 2 is 1.94 bits per heavy atom. The largest absolute Gasteiger partial charge is 0.473 e. The molecule has 0 radical (unpaired) electrons. The molecule has 1 atom stereocenters. The Morgan fingerprint density at radius 1 is 1.16 bits per heavy atom. The van der Waals surface area contributed by atoms with Crippen LogP contribution in [0.1, 0.15) is 12.0 Å². The maximum atomic E-state index is 13.0. The molecule has 0 saturated carbocycles. The van der Waals surface area contributed by atoms with E-state index in [-0.39, 0.29) is 18.7 Å². The highest BCUT2D eigenvalue weighted by Crippen LogP contribution is 2.32. The molecule has 0 N–H and O–H groups in total. The molecule has 31 heavy (non-hydrogen) atoms. The van der Waals surface area contributed by atoms with Gasteiger partial charge in [0.2, 0.25) is 0 Å². The first-order valence-electron chi connectivity index (χ1n) is 10.4. The Bertz CT molecular complexity index is 876. The van der Waals surface area contributed by atoms with Crippen molar-refractivity contribution in [3.8, 4) is 0 Å². The molecule has 3 aliphatic rings. The molecular formula is C22H26F3N3O3. The van der Waals surface area contributed by atoms with E-state index in [0.717, 1.165) is 19.2 Å². The lowest BCUT2D eigenvalue weighted by atomic mass is 9.99. The molecule has 1 amide bonds. The highest BCUT2D eigenvalue weighted by atomic mass is 19.4. The molecule has 1 fully saturated rings. The fourth-order valence-electron chi connectivity index (χ4n) is 4.09. The summed E-state index contributed by atoms with van der Waals surface area (Å²) in [4.78, 5) is 18.7. The first kappa shape index (κ1) is 21.7. The molecule has 6 nitrogen and oxygen atoms in total. The van der Waals surface area contributed by atoms with Crippen LogP contribution < -0.4 is 4.90 Å². The van der Waals surface area contributed by atoms with E-state index in [0.29, 0.717) is 49.6 Å². The zero-order valence-corrected chi connectivity index (χ0v) is 17.4. The van der Waals surface area contributed by atoms with Crippen molar-refractivity contribution < 1.29 is 27.4 Å². The van der Waals surface area contributed by atoms with E-state index in [2.05, 4.69) is 4.90 Å². The number of piperazine rings is 1. The number of carbonyl (C=O) groups excluding carboxylic acids is 1. The molecule has 2 heterocycles. The van der Waals surface area contributed by atoms with E-state index >= 15 is 0 Å². The minimum Gasteiger partial charge on any atom is -0.473 e. The molecule has 1 aromatic carbocycles. The number of benzene rings is 1. The average Bonchev–Trinajstić information content (AvgIpc) is 2.78. The number of methoxy groups -OCH3 is 1. The van der Waals surface area contributed by atoms with E-state index in [1.807, 2.05) is 11.0 Å². The smallest absolute Gasteiger partial charge is 0.416 e. The van der Waals surface area contributed by atoms with Gasteiger partial charge in [0, 0.05) is 58.5 Å². The number of hydrogen-bond acceptors (Lipinski definition) is 5. The van der Waals surface area contributed by atoms with Gasteiger partial charge in [-0.1, -0.05) is 12.1 Å². The Kier molecular flexibility index (Phi) is 6.24. The fourth-order valence-corrected chi connectivity index (χ4v) is 4.09. The van der Waals surface area contributed by atoms with Gasteiger partial charge in [-0.15, -0.1) is 0 Å². The van der Waals surface area contributed by atoms with Gasteiger partial charge in [-0.25, -0.2) is 0 Å². The van der Waals surface area contributed by atoms with Crippen molar-refractivity contribution in [3.05, 3.63) is 53.3 Å². The highest BCUT2D eigenvalue weighted by molar-refractivity contribution is 5.95. The fraction of sp³-hybridized carbons (Fsp3) is 0.500. The molecule has 4 rings (SSSR count).